The van der Waals surface area contributed by atoms with Gasteiger partial charge in [-0.3, -0.25) is 9.48 Å². The van der Waals surface area contributed by atoms with E-state index >= 15 is 0 Å². The van der Waals surface area contributed by atoms with Gasteiger partial charge >= 0.3 is 0 Å². The van der Waals surface area contributed by atoms with Crippen LogP contribution in [0.3, 0.4) is 0 Å². The number of nitrogens with zero attached hydrogens (tertiary/aromatic N) is 5. The molecule has 0 saturated carbocycles. The van der Waals surface area contributed by atoms with Gasteiger partial charge in [0.25, 0.3) is 5.56 Å². The van der Waals surface area contributed by atoms with E-state index < -0.39 is 0 Å². The molecule has 4 rings (SSSR count). The molecule has 1 N–H and O–H groups in total. The smallest absolute Gasteiger partial charge is 0.258 e. The molecular formula is C19H14N6O. The predicted octanol–water partition coefficient (Wildman–Crippen LogP) is 2.30. The monoisotopic (exact) mass is 342 g/mol. The molecule has 126 valence electrons. The highest BCUT2D eigenvalue weighted by Crippen LogP contribution is 2.17. The lowest BCUT2D eigenvalue weighted by Gasteiger charge is -2.03. The van der Waals surface area contributed by atoms with Crippen molar-refractivity contribution in [2.24, 2.45) is 0 Å². The normalized spacial score (nSPS) is 10.7. The van der Waals surface area contributed by atoms with Gasteiger partial charge in [-0.1, -0.05) is 29.5 Å². The van der Waals surface area contributed by atoms with E-state index in [4.69, 9.17) is 5.26 Å². The lowest BCUT2D eigenvalue weighted by atomic mass is 10.1. The molecule has 7 nitrogen and oxygen atoms in total. The van der Waals surface area contributed by atoms with Crippen LogP contribution in [0.15, 0.2) is 59.5 Å². The average Bonchev–Trinajstić information content (AvgIpc) is 3.16. The molecular weight excluding hydrogens is 328 g/mol. The lowest BCUT2D eigenvalue weighted by Crippen LogP contribution is -2.14. The van der Waals surface area contributed by atoms with E-state index in [9.17, 15) is 4.79 Å². The van der Waals surface area contributed by atoms with E-state index in [0.29, 0.717) is 41.0 Å². The van der Waals surface area contributed by atoms with Gasteiger partial charge < -0.3 is 4.98 Å². The Morgan fingerprint density at radius 1 is 1.15 bits per heavy atom. The predicted molar refractivity (Wildman–Crippen MR) is 96.2 cm³/mol. The van der Waals surface area contributed by atoms with Crippen LogP contribution in [0.2, 0.25) is 0 Å². The zero-order valence-corrected chi connectivity index (χ0v) is 13.8. The summed E-state index contributed by atoms with van der Waals surface area (Å²) >= 11 is 0. The Hall–Kier alpha value is -3.79. The van der Waals surface area contributed by atoms with Gasteiger partial charge in [-0.2, -0.15) is 5.26 Å². The highest BCUT2D eigenvalue weighted by Gasteiger charge is 2.07. The van der Waals surface area contributed by atoms with Gasteiger partial charge in [0.1, 0.15) is 11.5 Å². The molecule has 7 heteroatoms. The Balaban J connectivity index is 1.53. The summed E-state index contributed by atoms with van der Waals surface area (Å²) in [6.07, 6.45) is 2.34. The maximum absolute atomic E-state index is 12.1. The van der Waals surface area contributed by atoms with Gasteiger partial charge in [-0.15, -0.1) is 5.10 Å². The van der Waals surface area contributed by atoms with Crippen molar-refractivity contribution in [2.45, 2.75) is 13.0 Å². The van der Waals surface area contributed by atoms with Crippen LogP contribution in [-0.4, -0.2) is 25.0 Å². The van der Waals surface area contributed by atoms with E-state index in [1.807, 2.05) is 36.5 Å². The van der Waals surface area contributed by atoms with Gasteiger partial charge in [0.15, 0.2) is 0 Å². The SMILES string of the molecule is N#Cc1cccc(-c2cn(CCc3nc4ccccc4c(=O)[nH]3)nn2)c1. The summed E-state index contributed by atoms with van der Waals surface area (Å²) in [4.78, 5) is 19.4. The molecule has 0 radical (unpaired) electrons. The number of hydrogen-bond acceptors (Lipinski definition) is 5. The molecule has 0 bridgehead atoms. The largest absolute Gasteiger partial charge is 0.310 e. The molecule has 0 aliphatic carbocycles. The van der Waals surface area contributed by atoms with Crippen LogP contribution in [0.4, 0.5) is 0 Å². The average molecular weight is 342 g/mol. The molecule has 0 unspecified atom stereocenters. The van der Waals surface area contributed by atoms with Crippen LogP contribution in [0.1, 0.15) is 11.4 Å². The quantitative estimate of drug-likeness (QED) is 0.613. The Kier molecular flexibility index (Phi) is 4.00. The molecule has 4 aromatic rings. The minimum absolute atomic E-state index is 0.141. The summed E-state index contributed by atoms with van der Waals surface area (Å²) in [5, 5.41) is 17.8. The first-order valence-electron chi connectivity index (χ1n) is 8.11. The van der Waals surface area contributed by atoms with Gasteiger partial charge in [-0.25, -0.2) is 4.98 Å². The number of para-hydroxylation sites is 1. The summed E-state index contributed by atoms with van der Waals surface area (Å²) in [7, 11) is 0. The van der Waals surface area contributed by atoms with Crippen molar-refractivity contribution < 1.29 is 0 Å². The van der Waals surface area contributed by atoms with Crippen LogP contribution in [0.5, 0.6) is 0 Å². The van der Waals surface area contributed by atoms with E-state index in [1.54, 1.807) is 22.9 Å². The number of fused-ring (bicyclic) bond motifs is 1. The highest BCUT2D eigenvalue weighted by atomic mass is 16.1. The second-order valence-electron chi connectivity index (χ2n) is 5.84. The van der Waals surface area contributed by atoms with Crippen molar-refractivity contribution >= 4 is 10.9 Å². The molecule has 2 aromatic carbocycles. The highest BCUT2D eigenvalue weighted by molar-refractivity contribution is 5.77. The van der Waals surface area contributed by atoms with Crippen molar-refractivity contribution in [1.29, 1.82) is 5.26 Å². The maximum Gasteiger partial charge on any atom is 0.258 e. The number of hydrogen-bond donors (Lipinski definition) is 1. The second-order valence-corrected chi connectivity index (χ2v) is 5.84. The number of aryl methyl sites for hydroxylation is 2. The third-order valence-corrected chi connectivity index (χ3v) is 4.07. The standard InChI is InChI=1S/C19H14N6O/c20-11-13-4-3-5-14(10-13)17-12-25(24-23-17)9-8-18-21-16-7-2-1-6-15(16)19(26)22-18/h1-7,10,12H,8-9H2,(H,21,22,26). The number of aromatic amines is 1. The molecule has 0 spiro atoms. The number of H-pyrrole nitrogens is 1. The van der Waals surface area contributed by atoms with Gasteiger partial charge in [0, 0.05) is 18.5 Å². The van der Waals surface area contributed by atoms with Crippen molar-refractivity contribution in [3.8, 4) is 17.3 Å². The maximum atomic E-state index is 12.1. The Morgan fingerprint density at radius 3 is 2.92 bits per heavy atom. The number of nitrogens with one attached hydrogen (secondary N) is 1. The summed E-state index contributed by atoms with van der Waals surface area (Å²) in [6, 6.07) is 16.6. The van der Waals surface area contributed by atoms with E-state index in [0.717, 1.165) is 5.56 Å². The van der Waals surface area contributed by atoms with Crippen LogP contribution < -0.4 is 5.56 Å². The molecule has 0 aliphatic rings. The second kappa shape index (κ2) is 6.61. The molecule has 2 aromatic heterocycles. The fraction of sp³-hybridized carbons (Fsp3) is 0.105. The van der Waals surface area contributed by atoms with Gasteiger partial charge in [0.05, 0.1) is 28.7 Å². The third-order valence-electron chi connectivity index (χ3n) is 4.07. The summed E-state index contributed by atoms with van der Waals surface area (Å²) in [5.74, 6) is 0.609. The molecule has 26 heavy (non-hydrogen) atoms. The van der Waals surface area contributed by atoms with Crippen molar-refractivity contribution in [3.63, 3.8) is 0 Å². The molecule has 0 aliphatic heterocycles. The minimum Gasteiger partial charge on any atom is -0.310 e. The zero-order chi connectivity index (χ0) is 17.9. The zero-order valence-electron chi connectivity index (χ0n) is 13.8. The third kappa shape index (κ3) is 3.08. The van der Waals surface area contributed by atoms with Crippen LogP contribution in [-0.2, 0) is 13.0 Å². The Bertz CT molecular complexity index is 1180. The van der Waals surface area contributed by atoms with Gasteiger partial charge in [-0.05, 0) is 24.3 Å². The summed E-state index contributed by atoms with van der Waals surface area (Å²) in [5.41, 5.74) is 2.65. The van der Waals surface area contributed by atoms with Crippen molar-refractivity contribution in [1.82, 2.24) is 25.0 Å². The van der Waals surface area contributed by atoms with Crippen LogP contribution in [0.25, 0.3) is 22.2 Å². The number of aromatic nitrogens is 5. The first-order chi connectivity index (χ1) is 12.7. The van der Waals surface area contributed by atoms with Gasteiger partial charge in [0.2, 0.25) is 0 Å². The first-order valence-corrected chi connectivity index (χ1v) is 8.11. The van der Waals surface area contributed by atoms with Crippen molar-refractivity contribution in [3.05, 3.63) is 76.5 Å². The number of rotatable bonds is 4. The van der Waals surface area contributed by atoms with Crippen LogP contribution >= 0.6 is 0 Å². The van der Waals surface area contributed by atoms with E-state index in [1.165, 1.54) is 0 Å². The molecule has 0 amide bonds. The van der Waals surface area contributed by atoms with Crippen LogP contribution in [0, 0.1) is 11.3 Å². The minimum atomic E-state index is -0.141. The summed E-state index contributed by atoms with van der Waals surface area (Å²) < 4.78 is 1.70. The number of nitriles is 1. The van der Waals surface area contributed by atoms with E-state index in [2.05, 4.69) is 26.3 Å². The fourth-order valence-corrected chi connectivity index (χ4v) is 2.76. The first kappa shape index (κ1) is 15.7. The number of benzene rings is 2. The Morgan fingerprint density at radius 2 is 2.04 bits per heavy atom. The van der Waals surface area contributed by atoms with Crippen molar-refractivity contribution in [2.75, 3.05) is 0 Å². The van der Waals surface area contributed by atoms with E-state index in [-0.39, 0.29) is 5.56 Å². The topological polar surface area (TPSA) is 100 Å². The molecule has 0 fully saturated rings. The molecule has 2 heterocycles. The summed E-state index contributed by atoms with van der Waals surface area (Å²) in [6.45, 7) is 0.534. The molecule has 0 atom stereocenters. The lowest BCUT2D eigenvalue weighted by molar-refractivity contribution is 0.577. The Labute approximate surface area is 148 Å². The molecule has 0 saturated heterocycles. The fourth-order valence-electron chi connectivity index (χ4n) is 2.76.